The van der Waals surface area contributed by atoms with Crippen LogP contribution in [-0.2, 0) is 14.4 Å². The van der Waals surface area contributed by atoms with E-state index in [0.717, 1.165) is 44.2 Å². The van der Waals surface area contributed by atoms with Crippen LogP contribution >= 0.6 is 0 Å². The second-order valence-electron chi connectivity index (χ2n) is 11.9. The molecule has 42 heavy (non-hydrogen) atoms. The summed E-state index contributed by atoms with van der Waals surface area (Å²) in [5.74, 6) is -0.366. The Balaban J connectivity index is 1.60. The van der Waals surface area contributed by atoms with E-state index in [1.165, 1.54) is 0 Å². The first-order valence-electron chi connectivity index (χ1n) is 15.4. The molecule has 11 nitrogen and oxygen atoms in total. The van der Waals surface area contributed by atoms with Gasteiger partial charge in [0.05, 0.1) is 19.6 Å². The maximum Gasteiger partial charge on any atom is 0.308 e. The van der Waals surface area contributed by atoms with E-state index in [1.807, 2.05) is 40.9 Å². The number of fused-ring (bicyclic) bond motifs is 1. The standard InChI is InChI=1S/C31H48N4O7/c1-5-6-13-33(15-9-12-32(2)3)28(37)20-35-19-23(22-17-25(40-4)30-26(18-22)41-21-42-30)29(31(38)39)24(35)11-16-34-14-8-7-10-27(34)36/h17-18,23-24,29H,5-16,19-21H2,1-4H3,(H,38,39). The van der Waals surface area contributed by atoms with Crippen LogP contribution in [0, 0.1) is 5.92 Å². The van der Waals surface area contributed by atoms with E-state index in [2.05, 4.69) is 11.8 Å². The molecule has 11 heteroatoms. The number of hydrogen-bond acceptors (Lipinski definition) is 8. The van der Waals surface area contributed by atoms with Gasteiger partial charge in [-0.05, 0) is 70.4 Å². The third-order valence-corrected chi connectivity index (χ3v) is 8.76. The summed E-state index contributed by atoms with van der Waals surface area (Å²) in [4.78, 5) is 47.2. The van der Waals surface area contributed by atoms with Crippen LogP contribution in [0.2, 0.25) is 0 Å². The summed E-state index contributed by atoms with van der Waals surface area (Å²) in [6.07, 6.45) is 5.67. The molecule has 0 aromatic heterocycles. The van der Waals surface area contributed by atoms with Crippen molar-refractivity contribution in [2.45, 2.75) is 63.8 Å². The maximum atomic E-state index is 13.8. The van der Waals surface area contributed by atoms with Crippen molar-refractivity contribution in [2.24, 2.45) is 5.92 Å². The number of piperidine rings is 1. The molecule has 1 N–H and O–H groups in total. The van der Waals surface area contributed by atoms with Crippen LogP contribution in [0.4, 0.5) is 0 Å². The second-order valence-corrected chi connectivity index (χ2v) is 11.9. The SMILES string of the molecule is CCCCN(CCCN(C)C)C(=O)CN1CC(c2cc(OC)c3c(c2)OCO3)C(C(=O)O)C1CCN1CCCCC1=O. The fraction of sp³-hybridized carbons (Fsp3) is 0.710. The topological polar surface area (TPSA) is 112 Å². The Morgan fingerprint density at radius 1 is 1.12 bits per heavy atom. The fourth-order valence-corrected chi connectivity index (χ4v) is 6.50. The van der Waals surface area contributed by atoms with Gasteiger partial charge >= 0.3 is 5.97 Å². The van der Waals surface area contributed by atoms with Crippen molar-refractivity contribution >= 4 is 17.8 Å². The van der Waals surface area contributed by atoms with E-state index >= 15 is 0 Å². The number of unbranched alkanes of at least 4 members (excludes halogenated alkanes) is 1. The summed E-state index contributed by atoms with van der Waals surface area (Å²) in [7, 11) is 5.60. The molecule has 3 heterocycles. The van der Waals surface area contributed by atoms with E-state index in [9.17, 15) is 19.5 Å². The second kappa shape index (κ2) is 14.9. The first kappa shape index (κ1) is 31.9. The molecule has 1 aromatic carbocycles. The molecule has 0 saturated carbocycles. The van der Waals surface area contributed by atoms with Crippen molar-refractivity contribution in [2.75, 3.05) is 73.8 Å². The van der Waals surface area contributed by atoms with Crippen molar-refractivity contribution in [3.05, 3.63) is 17.7 Å². The molecule has 0 bridgehead atoms. The van der Waals surface area contributed by atoms with Gasteiger partial charge in [-0.25, -0.2) is 0 Å². The predicted octanol–water partition coefficient (Wildman–Crippen LogP) is 2.88. The number of nitrogens with zero attached hydrogens (tertiary/aromatic N) is 4. The van der Waals surface area contributed by atoms with Crippen LogP contribution in [0.3, 0.4) is 0 Å². The molecular formula is C31H48N4O7. The highest BCUT2D eigenvalue weighted by Crippen LogP contribution is 2.47. The Kier molecular flexibility index (Phi) is 11.3. The molecule has 1 aromatic rings. The summed E-state index contributed by atoms with van der Waals surface area (Å²) in [6, 6.07) is 3.27. The monoisotopic (exact) mass is 588 g/mol. The van der Waals surface area contributed by atoms with Crippen LogP contribution in [-0.4, -0.2) is 122 Å². The maximum absolute atomic E-state index is 13.8. The van der Waals surface area contributed by atoms with Gasteiger partial charge in [-0.1, -0.05) is 13.3 Å². The van der Waals surface area contributed by atoms with Gasteiger partial charge in [-0.3, -0.25) is 19.3 Å². The molecule has 234 valence electrons. The quantitative estimate of drug-likeness (QED) is 0.331. The third kappa shape index (κ3) is 7.66. The van der Waals surface area contributed by atoms with Crippen LogP contribution in [0.5, 0.6) is 17.2 Å². The lowest BCUT2D eigenvalue weighted by Crippen LogP contribution is -2.46. The summed E-state index contributed by atoms with van der Waals surface area (Å²) >= 11 is 0. The van der Waals surface area contributed by atoms with Crippen LogP contribution in [0.15, 0.2) is 12.1 Å². The smallest absolute Gasteiger partial charge is 0.308 e. The number of ether oxygens (including phenoxy) is 3. The zero-order valence-electron chi connectivity index (χ0n) is 25.7. The number of benzene rings is 1. The number of methoxy groups -OCH3 is 1. The number of carbonyl (C=O) groups is 3. The molecule has 0 aliphatic carbocycles. The molecule has 3 atom stereocenters. The molecule has 0 spiro atoms. The highest BCUT2D eigenvalue weighted by molar-refractivity contribution is 5.79. The van der Waals surface area contributed by atoms with Gasteiger partial charge in [0.2, 0.25) is 24.4 Å². The van der Waals surface area contributed by atoms with E-state index in [0.29, 0.717) is 62.8 Å². The van der Waals surface area contributed by atoms with E-state index < -0.39 is 23.8 Å². The van der Waals surface area contributed by atoms with Gasteiger partial charge < -0.3 is 34.0 Å². The molecule has 3 aliphatic heterocycles. The number of carboxylic acids is 1. The number of hydrogen-bond donors (Lipinski definition) is 1. The minimum Gasteiger partial charge on any atom is -0.493 e. The lowest BCUT2D eigenvalue weighted by Gasteiger charge is -2.32. The van der Waals surface area contributed by atoms with Gasteiger partial charge in [0.1, 0.15) is 0 Å². The van der Waals surface area contributed by atoms with E-state index in [4.69, 9.17) is 14.2 Å². The minimum atomic E-state index is -0.907. The highest BCUT2D eigenvalue weighted by atomic mass is 16.7. The lowest BCUT2D eigenvalue weighted by atomic mass is 9.84. The normalized spacial score (nSPS) is 22.2. The summed E-state index contributed by atoms with van der Waals surface area (Å²) < 4.78 is 16.8. The fourth-order valence-electron chi connectivity index (χ4n) is 6.50. The zero-order valence-corrected chi connectivity index (χ0v) is 25.7. The molecule has 4 rings (SSSR count). The zero-order chi connectivity index (χ0) is 30.2. The predicted molar refractivity (Wildman–Crippen MR) is 158 cm³/mol. The Morgan fingerprint density at radius 3 is 2.60 bits per heavy atom. The average molecular weight is 589 g/mol. The molecule has 2 fully saturated rings. The van der Waals surface area contributed by atoms with Crippen LogP contribution < -0.4 is 14.2 Å². The van der Waals surface area contributed by atoms with Crippen molar-refractivity contribution in [1.29, 1.82) is 0 Å². The molecule has 2 amide bonds. The largest absolute Gasteiger partial charge is 0.493 e. The minimum absolute atomic E-state index is 0.0225. The molecule has 2 saturated heterocycles. The summed E-state index contributed by atoms with van der Waals surface area (Å²) in [6.45, 7) is 6.17. The number of aliphatic carboxylic acids is 1. The molecule has 3 unspecified atom stereocenters. The Hall–Kier alpha value is -3.05. The average Bonchev–Trinajstić information content (AvgIpc) is 3.58. The first-order valence-corrected chi connectivity index (χ1v) is 15.4. The summed E-state index contributed by atoms with van der Waals surface area (Å²) in [5.41, 5.74) is 0.784. The van der Waals surface area contributed by atoms with Crippen molar-refractivity contribution < 1.29 is 33.7 Å². The van der Waals surface area contributed by atoms with Crippen LogP contribution in [0.25, 0.3) is 0 Å². The summed E-state index contributed by atoms with van der Waals surface area (Å²) in [5, 5.41) is 10.6. The molecular weight excluding hydrogens is 540 g/mol. The first-order chi connectivity index (χ1) is 20.2. The van der Waals surface area contributed by atoms with Gasteiger partial charge in [0.25, 0.3) is 0 Å². The van der Waals surface area contributed by atoms with E-state index in [1.54, 1.807) is 7.11 Å². The number of carboxylic acid groups (broad SMARTS) is 1. The van der Waals surface area contributed by atoms with Crippen LogP contribution in [0.1, 0.15) is 63.4 Å². The number of rotatable bonds is 15. The van der Waals surface area contributed by atoms with Gasteiger partial charge in [0, 0.05) is 51.1 Å². The Morgan fingerprint density at radius 2 is 1.90 bits per heavy atom. The van der Waals surface area contributed by atoms with Gasteiger partial charge in [-0.2, -0.15) is 0 Å². The van der Waals surface area contributed by atoms with Gasteiger partial charge in [0.15, 0.2) is 11.5 Å². The lowest BCUT2D eigenvalue weighted by molar-refractivity contribution is -0.144. The highest BCUT2D eigenvalue weighted by Gasteiger charge is 2.48. The van der Waals surface area contributed by atoms with E-state index in [-0.39, 0.29) is 25.2 Å². The molecule has 0 radical (unpaired) electrons. The van der Waals surface area contributed by atoms with Gasteiger partial charge in [-0.15, -0.1) is 0 Å². The third-order valence-electron chi connectivity index (χ3n) is 8.76. The molecule has 3 aliphatic rings. The number of carbonyl (C=O) groups excluding carboxylic acids is 2. The van der Waals surface area contributed by atoms with Crippen molar-refractivity contribution in [1.82, 2.24) is 19.6 Å². The Labute approximate surface area is 249 Å². The van der Waals surface area contributed by atoms with Crippen molar-refractivity contribution in [3.63, 3.8) is 0 Å². The number of amides is 2. The number of likely N-dealkylation sites (tertiary alicyclic amines) is 2. The van der Waals surface area contributed by atoms with Crippen molar-refractivity contribution in [3.8, 4) is 17.2 Å². The Bertz CT molecular complexity index is 1100.